The molecule has 1 atom stereocenters. The maximum Gasteiger partial charge on any atom is 0.259 e. The van der Waals surface area contributed by atoms with E-state index >= 15 is 4.39 Å². The third-order valence-electron chi connectivity index (χ3n) is 4.88. The van der Waals surface area contributed by atoms with Crippen LogP contribution < -0.4 is 10.1 Å². The van der Waals surface area contributed by atoms with Gasteiger partial charge in [0.2, 0.25) is 5.67 Å². The second kappa shape index (κ2) is 7.73. The molecule has 1 saturated carbocycles. The minimum absolute atomic E-state index is 0.147. The Morgan fingerprint density at radius 2 is 2.08 bits per heavy atom. The van der Waals surface area contributed by atoms with Gasteiger partial charge in [-0.15, -0.1) is 0 Å². The first-order valence-electron chi connectivity index (χ1n) is 9.40. The summed E-state index contributed by atoms with van der Waals surface area (Å²) in [6.07, 6.45) is 3.49. The average Bonchev–Trinajstić information content (AvgIpc) is 3.38. The van der Waals surface area contributed by atoms with Gasteiger partial charge in [-0.3, -0.25) is 9.69 Å². The van der Waals surface area contributed by atoms with Crippen LogP contribution in [0.2, 0.25) is 0 Å². The minimum Gasteiger partial charge on any atom is -0.491 e. The lowest BCUT2D eigenvalue weighted by atomic mass is 9.93. The SMILES string of the molecule is CC(C)Oc1ccc(CN2CCCC(F)(C(=O)NCC3CC3)C2)cc1. The summed E-state index contributed by atoms with van der Waals surface area (Å²) in [5, 5.41) is 2.81. The van der Waals surface area contributed by atoms with Crippen LogP contribution in [0.4, 0.5) is 4.39 Å². The maximum atomic E-state index is 15.1. The molecule has 0 bridgehead atoms. The number of ether oxygens (including phenoxy) is 1. The summed E-state index contributed by atoms with van der Waals surface area (Å²) in [6.45, 7) is 6.28. The van der Waals surface area contributed by atoms with Crippen molar-refractivity contribution in [1.82, 2.24) is 10.2 Å². The molecule has 1 saturated heterocycles. The molecule has 1 amide bonds. The number of halogens is 1. The van der Waals surface area contributed by atoms with Gasteiger partial charge in [0.25, 0.3) is 5.91 Å². The van der Waals surface area contributed by atoms with Gasteiger partial charge in [-0.25, -0.2) is 4.39 Å². The molecule has 1 unspecified atom stereocenters. The van der Waals surface area contributed by atoms with Crippen molar-refractivity contribution in [3.63, 3.8) is 0 Å². The summed E-state index contributed by atoms with van der Waals surface area (Å²) < 4.78 is 20.8. The van der Waals surface area contributed by atoms with E-state index in [2.05, 4.69) is 5.32 Å². The molecular weight excluding hydrogens is 319 g/mol. The number of hydrogen-bond donors (Lipinski definition) is 1. The number of carbonyl (C=O) groups is 1. The zero-order valence-electron chi connectivity index (χ0n) is 15.3. The zero-order valence-corrected chi connectivity index (χ0v) is 15.3. The van der Waals surface area contributed by atoms with E-state index in [-0.39, 0.29) is 12.6 Å². The van der Waals surface area contributed by atoms with Crippen molar-refractivity contribution in [1.29, 1.82) is 0 Å². The maximum absolute atomic E-state index is 15.1. The van der Waals surface area contributed by atoms with Gasteiger partial charge < -0.3 is 10.1 Å². The quantitative estimate of drug-likeness (QED) is 0.822. The molecule has 4 nitrogen and oxygen atoms in total. The Balaban J connectivity index is 1.54. The topological polar surface area (TPSA) is 41.6 Å². The van der Waals surface area contributed by atoms with Crippen LogP contribution in [0.1, 0.15) is 45.1 Å². The van der Waals surface area contributed by atoms with E-state index in [0.717, 1.165) is 30.7 Å². The molecule has 3 rings (SSSR count). The second-order valence-electron chi connectivity index (χ2n) is 7.74. The third-order valence-corrected chi connectivity index (χ3v) is 4.88. The van der Waals surface area contributed by atoms with Crippen LogP contribution in [0, 0.1) is 5.92 Å². The first-order chi connectivity index (χ1) is 11.9. The van der Waals surface area contributed by atoms with Crippen LogP contribution in [0.25, 0.3) is 0 Å². The Labute approximate surface area is 149 Å². The van der Waals surface area contributed by atoms with Crippen LogP contribution >= 0.6 is 0 Å². The van der Waals surface area contributed by atoms with Crippen LogP contribution in [-0.4, -0.2) is 42.2 Å². The lowest BCUT2D eigenvalue weighted by Gasteiger charge is -2.36. The Morgan fingerprint density at radius 3 is 2.72 bits per heavy atom. The second-order valence-corrected chi connectivity index (χ2v) is 7.74. The fraction of sp³-hybridized carbons (Fsp3) is 0.650. The molecule has 0 spiro atoms. The predicted molar refractivity (Wildman–Crippen MR) is 96.3 cm³/mol. The van der Waals surface area contributed by atoms with Crippen LogP contribution in [0.15, 0.2) is 24.3 Å². The van der Waals surface area contributed by atoms with Crippen molar-refractivity contribution in [3.05, 3.63) is 29.8 Å². The van der Waals surface area contributed by atoms with Gasteiger partial charge in [0.05, 0.1) is 6.10 Å². The lowest BCUT2D eigenvalue weighted by Crippen LogP contribution is -2.54. The van der Waals surface area contributed by atoms with Crippen molar-refractivity contribution in [2.75, 3.05) is 19.6 Å². The number of nitrogens with zero attached hydrogens (tertiary/aromatic N) is 1. The fourth-order valence-corrected chi connectivity index (χ4v) is 3.34. The van der Waals surface area contributed by atoms with Gasteiger partial charge in [0.1, 0.15) is 5.75 Å². The van der Waals surface area contributed by atoms with E-state index < -0.39 is 11.6 Å². The van der Waals surface area contributed by atoms with Gasteiger partial charge in [0, 0.05) is 19.6 Å². The molecular formula is C20H29FN2O2. The Bertz CT molecular complexity index is 586. The normalized spacial score (nSPS) is 24.3. The molecule has 1 aliphatic carbocycles. The van der Waals surface area contributed by atoms with Gasteiger partial charge in [-0.2, -0.15) is 0 Å². The predicted octanol–water partition coefficient (Wildman–Crippen LogP) is 3.30. The van der Waals surface area contributed by atoms with Crippen molar-refractivity contribution in [2.24, 2.45) is 5.92 Å². The molecule has 138 valence electrons. The van der Waals surface area contributed by atoms with Crippen molar-refractivity contribution in [2.45, 2.75) is 57.8 Å². The highest BCUT2D eigenvalue weighted by molar-refractivity contribution is 5.85. The summed E-state index contributed by atoms with van der Waals surface area (Å²) in [7, 11) is 0. The van der Waals surface area contributed by atoms with Gasteiger partial charge in [0.15, 0.2) is 0 Å². The number of benzene rings is 1. The summed E-state index contributed by atoms with van der Waals surface area (Å²) in [5.41, 5.74) is -0.646. The number of rotatable bonds is 7. The summed E-state index contributed by atoms with van der Waals surface area (Å²) in [5.74, 6) is 0.986. The standard InChI is InChI=1S/C20H29FN2O2/c1-15(2)25-18-8-6-17(7-9-18)13-23-11-3-10-20(21,14-23)19(24)22-12-16-4-5-16/h6-9,15-16H,3-5,10-14H2,1-2H3,(H,22,24). The van der Waals surface area contributed by atoms with Crippen LogP contribution in [0.3, 0.4) is 0 Å². The monoisotopic (exact) mass is 348 g/mol. The molecule has 2 aliphatic rings. The molecule has 1 N–H and O–H groups in total. The molecule has 0 aromatic heterocycles. The smallest absolute Gasteiger partial charge is 0.259 e. The number of hydrogen-bond acceptors (Lipinski definition) is 3. The largest absolute Gasteiger partial charge is 0.491 e. The fourth-order valence-electron chi connectivity index (χ4n) is 3.34. The first kappa shape index (κ1) is 18.2. The zero-order chi connectivity index (χ0) is 17.9. The third kappa shape index (κ3) is 5.18. The van der Waals surface area contributed by atoms with E-state index in [4.69, 9.17) is 4.74 Å². The van der Waals surface area contributed by atoms with Crippen LogP contribution in [0.5, 0.6) is 5.75 Å². The number of alkyl halides is 1. The number of amides is 1. The molecule has 0 radical (unpaired) electrons. The molecule has 5 heteroatoms. The minimum atomic E-state index is -1.76. The molecule has 1 aliphatic heterocycles. The Morgan fingerprint density at radius 1 is 1.36 bits per heavy atom. The average molecular weight is 348 g/mol. The number of likely N-dealkylation sites (tertiary alicyclic amines) is 1. The lowest BCUT2D eigenvalue weighted by molar-refractivity contribution is -0.136. The van der Waals surface area contributed by atoms with E-state index in [9.17, 15) is 4.79 Å². The molecule has 1 aromatic rings. The Hall–Kier alpha value is -1.62. The summed E-state index contributed by atoms with van der Waals surface area (Å²) in [4.78, 5) is 14.3. The Kier molecular flexibility index (Phi) is 5.62. The number of piperidine rings is 1. The molecule has 25 heavy (non-hydrogen) atoms. The van der Waals surface area contributed by atoms with Crippen molar-refractivity contribution < 1.29 is 13.9 Å². The molecule has 1 heterocycles. The highest BCUT2D eigenvalue weighted by Crippen LogP contribution is 2.30. The van der Waals surface area contributed by atoms with Gasteiger partial charge >= 0.3 is 0 Å². The highest BCUT2D eigenvalue weighted by Gasteiger charge is 2.42. The number of nitrogens with one attached hydrogen (secondary N) is 1. The summed E-state index contributed by atoms with van der Waals surface area (Å²) >= 11 is 0. The van der Waals surface area contributed by atoms with Crippen molar-refractivity contribution in [3.8, 4) is 5.75 Å². The van der Waals surface area contributed by atoms with E-state index in [0.29, 0.717) is 31.8 Å². The van der Waals surface area contributed by atoms with E-state index in [1.54, 1.807) is 0 Å². The summed E-state index contributed by atoms with van der Waals surface area (Å²) in [6, 6.07) is 7.92. The molecule has 1 aromatic carbocycles. The van der Waals surface area contributed by atoms with E-state index in [1.807, 2.05) is 43.0 Å². The van der Waals surface area contributed by atoms with E-state index in [1.165, 1.54) is 0 Å². The van der Waals surface area contributed by atoms with Crippen molar-refractivity contribution >= 4 is 5.91 Å². The van der Waals surface area contributed by atoms with Gasteiger partial charge in [-0.1, -0.05) is 12.1 Å². The highest BCUT2D eigenvalue weighted by atomic mass is 19.1. The van der Waals surface area contributed by atoms with Gasteiger partial charge in [-0.05, 0) is 69.7 Å². The van der Waals surface area contributed by atoms with Crippen LogP contribution in [-0.2, 0) is 11.3 Å². The molecule has 2 fully saturated rings. The number of carbonyl (C=O) groups excluding carboxylic acids is 1. The first-order valence-corrected chi connectivity index (χ1v) is 9.40.